The lowest BCUT2D eigenvalue weighted by Gasteiger charge is -2.37. The highest BCUT2D eigenvalue weighted by Crippen LogP contribution is 2.35. The Morgan fingerprint density at radius 1 is 1.21 bits per heavy atom. The number of halogens is 1. The summed E-state index contributed by atoms with van der Waals surface area (Å²) in [7, 11) is -1.21. The Morgan fingerprint density at radius 3 is 2.53 bits per heavy atom. The molecular formula is C25H39FN4O3Si. The van der Waals surface area contributed by atoms with Gasteiger partial charge in [-0.1, -0.05) is 26.6 Å². The van der Waals surface area contributed by atoms with E-state index in [1.165, 1.54) is 12.3 Å². The van der Waals surface area contributed by atoms with Crippen LogP contribution in [0.4, 0.5) is 9.18 Å². The van der Waals surface area contributed by atoms with Gasteiger partial charge in [0.15, 0.2) is 5.82 Å². The van der Waals surface area contributed by atoms with E-state index in [1.807, 2.05) is 27.0 Å². The lowest BCUT2D eigenvalue weighted by molar-refractivity contribution is 0.0148. The van der Waals surface area contributed by atoms with Crippen LogP contribution in [0.3, 0.4) is 0 Å². The van der Waals surface area contributed by atoms with Crippen molar-refractivity contribution in [3.8, 4) is 11.5 Å². The first-order valence-corrected chi connectivity index (χ1v) is 15.8. The van der Waals surface area contributed by atoms with E-state index in [-0.39, 0.29) is 23.7 Å². The number of aromatic nitrogens is 3. The minimum absolute atomic E-state index is 0.209. The second kappa shape index (κ2) is 10.6. The molecule has 0 aromatic carbocycles. The Kier molecular flexibility index (Phi) is 8.18. The number of amides is 1. The Hall–Kier alpha value is -2.26. The van der Waals surface area contributed by atoms with E-state index in [1.54, 1.807) is 11.0 Å². The van der Waals surface area contributed by atoms with Crippen LogP contribution < -0.4 is 0 Å². The second-order valence-electron chi connectivity index (χ2n) is 11.4. The van der Waals surface area contributed by atoms with Gasteiger partial charge in [0, 0.05) is 45.6 Å². The number of nitrogens with zero attached hydrogens (tertiary/aromatic N) is 4. The molecule has 0 bridgehead atoms. The molecule has 7 nitrogen and oxygen atoms in total. The highest BCUT2D eigenvalue weighted by Gasteiger charge is 2.34. The van der Waals surface area contributed by atoms with Crippen molar-refractivity contribution in [1.82, 2.24) is 19.4 Å². The zero-order chi connectivity index (χ0) is 25.1. The number of ether oxygens (including phenoxy) is 2. The number of piperidine rings is 1. The Morgan fingerprint density at radius 2 is 1.94 bits per heavy atom. The van der Waals surface area contributed by atoms with Crippen molar-refractivity contribution >= 4 is 14.2 Å². The SMILES string of the molecule is CC1CN(C(=O)OC(C)(C)C)CCC1c1cnc(-c2ccc(F)cn2)n1COCC[Si](C)(C)C. The van der Waals surface area contributed by atoms with E-state index in [2.05, 4.69) is 41.1 Å². The Labute approximate surface area is 203 Å². The topological polar surface area (TPSA) is 69.5 Å². The largest absolute Gasteiger partial charge is 0.444 e. The van der Waals surface area contributed by atoms with Gasteiger partial charge in [-0.25, -0.2) is 19.2 Å². The molecule has 1 aliphatic heterocycles. The zero-order valence-corrected chi connectivity index (χ0v) is 22.6. The van der Waals surface area contributed by atoms with Crippen LogP contribution in [0, 0.1) is 11.7 Å². The van der Waals surface area contributed by atoms with Gasteiger partial charge in [0.2, 0.25) is 0 Å². The van der Waals surface area contributed by atoms with Gasteiger partial charge in [0.05, 0.1) is 6.20 Å². The lowest BCUT2D eigenvalue weighted by Crippen LogP contribution is -2.44. The molecule has 1 amide bonds. The number of hydrogen-bond acceptors (Lipinski definition) is 5. The predicted octanol–water partition coefficient (Wildman–Crippen LogP) is 5.76. The summed E-state index contributed by atoms with van der Waals surface area (Å²) in [4.78, 5) is 23.3. The third kappa shape index (κ3) is 7.12. The van der Waals surface area contributed by atoms with Crippen molar-refractivity contribution in [3.05, 3.63) is 36.0 Å². The zero-order valence-electron chi connectivity index (χ0n) is 21.6. The van der Waals surface area contributed by atoms with Gasteiger partial charge < -0.3 is 18.9 Å². The molecule has 1 saturated heterocycles. The lowest BCUT2D eigenvalue weighted by atomic mass is 9.84. The summed E-state index contributed by atoms with van der Waals surface area (Å²) in [5, 5.41) is 0. The van der Waals surface area contributed by atoms with Crippen molar-refractivity contribution in [2.75, 3.05) is 19.7 Å². The van der Waals surface area contributed by atoms with Crippen molar-refractivity contribution < 1.29 is 18.7 Å². The number of carbonyl (C=O) groups excluding carboxylic acids is 1. The van der Waals surface area contributed by atoms with Crippen LogP contribution in [0.15, 0.2) is 24.5 Å². The maximum absolute atomic E-state index is 13.5. The van der Waals surface area contributed by atoms with Crippen LogP contribution in [0.2, 0.25) is 25.7 Å². The van der Waals surface area contributed by atoms with E-state index in [9.17, 15) is 9.18 Å². The molecule has 0 aliphatic carbocycles. The van der Waals surface area contributed by atoms with Crippen LogP contribution in [0.5, 0.6) is 0 Å². The molecule has 0 N–H and O–H groups in total. The molecule has 0 radical (unpaired) electrons. The standard InChI is InChI=1S/C25H39FN4O3Si/c1-18-16-29(24(31)33-25(2,3)4)11-10-20(18)22-15-28-23(21-9-8-19(26)14-27-21)30(22)17-32-12-13-34(5,6)7/h8-9,14-15,18,20H,10-13,16-17H2,1-7H3. The van der Waals surface area contributed by atoms with Gasteiger partial charge in [0.1, 0.15) is 23.8 Å². The number of imidazole rings is 1. The minimum atomic E-state index is -1.21. The first-order valence-electron chi connectivity index (χ1n) is 12.1. The van der Waals surface area contributed by atoms with Gasteiger partial charge >= 0.3 is 6.09 Å². The molecule has 2 aromatic rings. The summed E-state index contributed by atoms with van der Waals surface area (Å²) in [6.07, 6.45) is 3.63. The Balaban J connectivity index is 1.80. The molecule has 1 aliphatic rings. The first-order chi connectivity index (χ1) is 15.8. The molecule has 1 fully saturated rings. The van der Waals surface area contributed by atoms with Gasteiger partial charge in [-0.15, -0.1) is 0 Å². The van der Waals surface area contributed by atoms with Crippen molar-refractivity contribution in [2.24, 2.45) is 5.92 Å². The smallest absolute Gasteiger partial charge is 0.410 e. The number of carbonyl (C=O) groups is 1. The van der Waals surface area contributed by atoms with E-state index < -0.39 is 13.7 Å². The maximum atomic E-state index is 13.5. The summed E-state index contributed by atoms with van der Waals surface area (Å²) in [6.45, 7) is 17.1. The van der Waals surface area contributed by atoms with Crippen molar-refractivity contribution in [3.63, 3.8) is 0 Å². The van der Waals surface area contributed by atoms with Gasteiger partial charge in [0.25, 0.3) is 0 Å². The number of pyridine rings is 1. The third-order valence-electron chi connectivity index (χ3n) is 6.00. The van der Waals surface area contributed by atoms with Gasteiger partial charge in [-0.3, -0.25) is 0 Å². The molecule has 34 heavy (non-hydrogen) atoms. The summed E-state index contributed by atoms with van der Waals surface area (Å²) in [6, 6.07) is 4.12. The highest BCUT2D eigenvalue weighted by atomic mass is 28.3. The molecule has 9 heteroatoms. The van der Waals surface area contributed by atoms with Crippen molar-refractivity contribution in [2.45, 2.75) is 78.1 Å². The number of likely N-dealkylation sites (tertiary alicyclic amines) is 1. The van der Waals surface area contributed by atoms with Gasteiger partial charge in [-0.2, -0.15) is 0 Å². The first kappa shape index (κ1) is 26.3. The molecule has 0 spiro atoms. The fourth-order valence-electron chi connectivity index (χ4n) is 4.14. The van der Waals surface area contributed by atoms with E-state index >= 15 is 0 Å². The average molecular weight is 491 g/mol. The minimum Gasteiger partial charge on any atom is -0.444 e. The molecule has 2 unspecified atom stereocenters. The van der Waals surface area contributed by atoms with Gasteiger partial charge in [-0.05, 0) is 51.3 Å². The number of hydrogen-bond donors (Lipinski definition) is 0. The summed E-state index contributed by atoms with van der Waals surface area (Å²) < 4.78 is 27.2. The highest BCUT2D eigenvalue weighted by molar-refractivity contribution is 6.76. The molecule has 2 atom stereocenters. The molecular weight excluding hydrogens is 451 g/mol. The van der Waals surface area contributed by atoms with Crippen LogP contribution in [0.25, 0.3) is 11.5 Å². The molecule has 0 saturated carbocycles. The average Bonchev–Trinajstić information content (AvgIpc) is 3.13. The molecule has 2 aromatic heterocycles. The monoisotopic (exact) mass is 490 g/mol. The molecule has 3 rings (SSSR count). The molecule has 188 valence electrons. The van der Waals surface area contributed by atoms with Crippen LogP contribution >= 0.6 is 0 Å². The number of rotatable bonds is 7. The van der Waals surface area contributed by atoms with Crippen molar-refractivity contribution in [1.29, 1.82) is 0 Å². The third-order valence-corrected chi connectivity index (χ3v) is 7.70. The van der Waals surface area contributed by atoms with Crippen LogP contribution in [-0.4, -0.2) is 58.9 Å². The molecule has 3 heterocycles. The normalized spacial score (nSPS) is 19.4. The second-order valence-corrected chi connectivity index (χ2v) is 17.1. The fraction of sp³-hybridized carbons (Fsp3) is 0.640. The summed E-state index contributed by atoms with van der Waals surface area (Å²) in [5.41, 5.74) is 1.16. The van der Waals surface area contributed by atoms with Crippen LogP contribution in [-0.2, 0) is 16.2 Å². The Bertz CT molecular complexity index is 966. The fourth-order valence-corrected chi connectivity index (χ4v) is 4.90. The summed E-state index contributed by atoms with van der Waals surface area (Å²) >= 11 is 0. The summed E-state index contributed by atoms with van der Waals surface area (Å²) in [5.74, 6) is 0.718. The quantitative estimate of drug-likeness (QED) is 0.365. The van der Waals surface area contributed by atoms with E-state index in [4.69, 9.17) is 9.47 Å². The maximum Gasteiger partial charge on any atom is 0.410 e. The van der Waals surface area contributed by atoms with E-state index in [0.717, 1.165) is 18.2 Å². The predicted molar refractivity (Wildman–Crippen MR) is 134 cm³/mol. The van der Waals surface area contributed by atoms with E-state index in [0.29, 0.717) is 37.9 Å². The van der Waals surface area contributed by atoms with Crippen LogP contribution in [0.1, 0.15) is 45.7 Å².